The minimum atomic E-state index is -0.294. The van der Waals surface area contributed by atoms with Crippen molar-refractivity contribution < 1.29 is 24.1 Å². The monoisotopic (exact) mass is 382 g/mol. The van der Waals surface area contributed by atoms with Gasteiger partial charge in [0, 0.05) is 13.2 Å². The maximum atomic E-state index is 12.4. The number of ether oxygens (including phenoxy) is 3. The average Bonchev–Trinajstić information content (AvgIpc) is 2.68. The van der Waals surface area contributed by atoms with Gasteiger partial charge in [-0.1, -0.05) is 23.8 Å². The van der Waals surface area contributed by atoms with Crippen LogP contribution in [0.3, 0.4) is 0 Å². The number of ketones is 1. The van der Waals surface area contributed by atoms with E-state index in [-0.39, 0.29) is 23.9 Å². The van der Waals surface area contributed by atoms with Crippen molar-refractivity contribution in [1.29, 1.82) is 0 Å². The molecule has 0 aliphatic rings. The molecular formula is C23H26O5. The first kappa shape index (κ1) is 21.3. The number of carbonyl (C=O) groups excluding carboxylic acids is 1. The van der Waals surface area contributed by atoms with Gasteiger partial charge < -0.3 is 19.3 Å². The molecule has 1 N–H and O–H groups in total. The highest BCUT2D eigenvalue weighted by Crippen LogP contribution is 2.25. The van der Waals surface area contributed by atoms with Crippen molar-refractivity contribution in [2.75, 3.05) is 21.0 Å². The second-order valence-electron chi connectivity index (χ2n) is 6.48. The van der Waals surface area contributed by atoms with Crippen LogP contribution >= 0.6 is 0 Å². The van der Waals surface area contributed by atoms with Gasteiger partial charge in [0.2, 0.25) is 0 Å². The third kappa shape index (κ3) is 5.99. The number of phenolic OH excluding ortho intramolecular Hbond substituents is 1. The molecule has 148 valence electrons. The van der Waals surface area contributed by atoms with Crippen molar-refractivity contribution in [2.24, 2.45) is 0 Å². The van der Waals surface area contributed by atoms with E-state index in [0.717, 1.165) is 23.3 Å². The number of methoxy groups -OCH3 is 2. The molecule has 0 aromatic heterocycles. The fourth-order valence-electron chi connectivity index (χ4n) is 2.57. The first-order valence-corrected chi connectivity index (χ1v) is 8.92. The quantitative estimate of drug-likeness (QED) is 0.292. The molecule has 0 saturated carbocycles. The second kappa shape index (κ2) is 10.3. The zero-order valence-electron chi connectivity index (χ0n) is 16.7. The fourth-order valence-corrected chi connectivity index (χ4v) is 2.57. The summed E-state index contributed by atoms with van der Waals surface area (Å²) in [6.07, 6.45) is 6.05. The first-order valence-electron chi connectivity index (χ1n) is 8.92. The van der Waals surface area contributed by atoms with Crippen molar-refractivity contribution >= 4 is 11.9 Å². The van der Waals surface area contributed by atoms with Gasteiger partial charge in [0.15, 0.2) is 12.6 Å². The van der Waals surface area contributed by atoms with Crippen molar-refractivity contribution in [3.8, 4) is 17.2 Å². The van der Waals surface area contributed by atoms with E-state index in [1.165, 1.54) is 30.9 Å². The summed E-state index contributed by atoms with van der Waals surface area (Å²) in [7, 11) is 3.15. The van der Waals surface area contributed by atoms with Crippen molar-refractivity contribution in [3.05, 3.63) is 70.8 Å². The van der Waals surface area contributed by atoms with Crippen LogP contribution in [0.15, 0.2) is 54.1 Å². The summed E-state index contributed by atoms with van der Waals surface area (Å²) in [4.78, 5) is 12.4. The Morgan fingerprint density at radius 2 is 1.89 bits per heavy atom. The molecule has 5 heteroatoms. The number of carbonyl (C=O) groups is 1. The van der Waals surface area contributed by atoms with E-state index < -0.39 is 0 Å². The van der Waals surface area contributed by atoms with Crippen LogP contribution in [0, 0.1) is 0 Å². The number of hydrogen-bond acceptors (Lipinski definition) is 5. The topological polar surface area (TPSA) is 65.0 Å². The molecule has 0 fully saturated rings. The highest BCUT2D eigenvalue weighted by Gasteiger charge is 2.10. The van der Waals surface area contributed by atoms with Crippen LogP contribution in [0.2, 0.25) is 0 Å². The Hall–Kier alpha value is -3.05. The maximum Gasteiger partial charge on any atom is 0.189 e. The Kier molecular flexibility index (Phi) is 7.84. The van der Waals surface area contributed by atoms with Crippen LogP contribution < -0.4 is 9.47 Å². The van der Waals surface area contributed by atoms with Gasteiger partial charge in [-0.25, -0.2) is 0 Å². The zero-order chi connectivity index (χ0) is 20.5. The first-order chi connectivity index (χ1) is 13.4. The normalized spacial score (nSPS) is 10.7. The Morgan fingerprint density at radius 3 is 2.54 bits per heavy atom. The summed E-state index contributed by atoms with van der Waals surface area (Å²) >= 11 is 0. The Balaban J connectivity index is 2.17. The predicted molar refractivity (Wildman–Crippen MR) is 110 cm³/mol. The Bertz CT molecular complexity index is 877. The van der Waals surface area contributed by atoms with Gasteiger partial charge in [-0.05, 0) is 61.7 Å². The lowest BCUT2D eigenvalue weighted by molar-refractivity contribution is 0.0510. The van der Waals surface area contributed by atoms with Crippen LogP contribution in [0.25, 0.3) is 6.08 Å². The van der Waals surface area contributed by atoms with Crippen LogP contribution in [0.1, 0.15) is 35.3 Å². The van der Waals surface area contributed by atoms with Crippen molar-refractivity contribution in [1.82, 2.24) is 0 Å². The smallest absolute Gasteiger partial charge is 0.189 e. The molecule has 2 aromatic rings. The molecule has 0 amide bonds. The molecule has 28 heavy (non-hydrogen) atoms. The van der Waals surface area contributed by atoms with Gasteiger partial charge in [-0.3, -0.25) is 4.79 Å². The van der Waals surface area contributed by atoms with E-state index in [4.69, 9.17) is 14.2 Å². The van der Waals surface area contributed by atoms with E-state index in [1.807, 2.05) is 32.0 Å². The van der Waals surface area contributed by atoms with Crippen LogP contribution in [-0.4, -0.2) is 31.9 Å². The molecule has 0 heterocycles. The number of phenols is 1. The lowest BCUT2D eigenvalue weighted by Crippen LogP contribution is -2.00. The molecule has 0 aliphatic carbocycles. The predicted octanol–water partition coefficient (Wildman–Crippen LogP) is 4.79. The van der Waals surface area contributed by atoms with E-state index in [9.17, 15) is 9.90 Å². The van der Waals surface area contributed by atoms with Gasteiger partial charge >= 0.3 is 0 Å². The van der Waals surface area contributed by atoms with E-state index in [1.54, 1.807) is 19.3 Å². The average molecular weight is 382 g/mol. The Morgan fingerprint density at radius 1 is 1.11 bits per heavy atom. The summed E-state index contributed by atoms with van der Waals surface area (Å²) in [5, 5.41) is 10.1. The molecule has 0 aliphatic heterocycles. The number of aromatic hydroxyl groups is 1. The molecule has 2 rings (SSSR count). The summed E-state index contributed by atoms with van der Waals surface area (Å²) < 4.78 is 15.5. The number of benzene rings is 2. The Labute approximate surface area is 165 Å². The summed E-state index contributed by atoms with van der Waals surface area (Å²) in [6.45, 7) is 4.17. The van der Waals surface area contributed by atoms with E-state index >= 15 is 0 Å². The fraction of sp³-hybridized carbons (Fsp3) is 0.261. The minimum Gasteiger partial charge on any atom is -0.507 e. The standard InChI is InChI=1S/C23H26O5/c1-16(2)5-8-18-13-17(7-12-23(18)27-4)6-11-21(24)20-10-9-19(14-22(20)25)28-15-26-3/h5-7,9-14,25H,8,15H2,1-4H3. The molecular weight excluding hydrogens is 356 g/mol. The lowest BCUT2D eigenvalue weighted by Gasteiger charge is -2.08. The van der Waals surface area contributed by atoms with Crippen LogP contribution in [-0.2, 0) is 11.2 Å². The summed E-state index contributed by atoms with van der Waals surface area (Å²) in [6, 6.07) is 10.3. The third-order valence-corrected chi connectivity index (χ3v) is 4.04. The molecule has 0 spiro atoms. The second-order valence-corrected chi connectivity index (χ2v) is 6.48. The van der Waals surface area contributed by atoms with Gasteiger partial charge in [0.05, 0.1) is 12.7 Å². The summed E-state index contributed by atoms with van der Waals surface area (Å²) in [5.74, 6) is 0.809. The number of hydrogen-bond donors (Lipinski definition) is 1. The van der Waals surface area contributed by atoms with Gasteiger partial charge in [-0.15, -0.1) is 0 Å². The highest BCUT2D eigenvalue weighted by atomic mass is 16.7. The van der Waals surface area contributed by atoms with E-state index in [0.29, 0.717) is 5.75 Å². The largest absolute Gasteiger partial charge is 0.507 e. The molecule has 0 bridgehead atoms. The van der Waals surface area contributed by atoms with Gasteiger partial charge in [-0.2, -0.15) is 0 Å². The van der Waals surface area contributed by atoms with Crippen molar-refractivity contribution in [3.63, 3.8) is 0 Å². The van der Waals surface area contributed by atoms with Crippen molar-refractivity contribution in [2.45, 2.75) is 20.3 Å². The molecule has 0 saturated heterocycles. The van der Waals surface area contributed by atoms with Crippen LogP contribution in [0.4, 0.5) is 0 Å². The zero-order valence-corrected chi connectivity index (χ0v) is 16.7. The molecule has 0 atom stereocenters. The number of allylic oxidation sites excluding steroid dienone is 3. The minimum absolute atomic E-state index is 0.0686. The van der Waals surface area contributed by atoms with E-state index in [2.05, 4.69) is 6.08 Å². The lowest BCUT2D eigenvalue weighted by atomic mass is 10.0. The molecule has 2 aromatic carbocycles. The number of rotatable bonds is 9. The maximum absolute atomic E-state index is 12.4. The molecule has 0 radical (unpaired) electrons. The van der Waals surface area contributed by atoms with Crippen LogP contribution in [0.5, 0.6) is 17.2 Å². The third-order valence-electron chi connectivity index (χ3n) is 4.04. The molecule has 0 unspecified atom stereocenters. The van der Waals surface area contributed by atoms with Gasteiger partial charge in [0.1, 0.15) is 17.2 Å². The summed E-state index contributed by atoms with van der Waals surface area (Å²) in [5.41, 5.74) is 3.36. The SMILES string of the molecule is COCOc1ccc(C(=O)C=Cc2ccc(OC)c(CC=C(C)C)c2)c(O)c1. The highest BCUT2D eigenvalue weighted by molar-refractivity contribution is 6.08. The molecule has 5 nitrogen and oxygen atoms in total. The van der Waals surface area contributed by atoms with Gasteiger partial charge in [0.25, 0.3) is 0 Å².